The number of pyridine rings is 1. The van der Waals surface area contributed by atoms with Gasteiger partial charge in [-0.15, -0.1) is 0 Å². The summed E-state index contributed by atoms with van der Waals surface area (Å²) in [6.45, 7) is 3.27. The molecule has 1 aromatic heterocycles. The van der Waals surface area contributed by atoms with E-state index >= 15 is 0 Å². The summed E-state index contributed by atoms with van der Waals surface area (Å²) < 4.78 is 5.46. The van der Waals surface area contributed by atoms with Crippen molar-refractivity contribution in [3.63, 3.8) is 0 Å². The maximum atomic E-state index is 6.22. The minimum atomic E-state index is 0.604. The zero-order valence-corrected chi connectivity index (χ0v) is 17.4. The molecular weight excluding hydrogens is 390 g/mol. The molecule has 0 amide bonds. The Labute approximate surface area is 176 Å². The molecule has 2 aromatic carbocycles. The van der Waals surface area contributed by atoms with Crippen molar-refractivity contribution in [3.05, 3.63) is 88.7 Å². The normalized spacial score (nSPS) is 10.4. The second kappa shape index (κ2) is 9.53. The lowest BCUT2D eigenvalue weighted by molar-refractivity contribution is 0.408. The molecule has 0 saturated heterocycles. The van der Waals surface area contributed by atoms with Crippen molar-refractivity contribution in [3.8, 4) is 5.75 Å². The molecular formula is C22H22ClN3OS. The standard InChI is InChI=1S/C22H22ClN3OS/c1-16-11-20(21(27-2)12-19(16)23)25-22(28)26(14-17-7-4-3-5-8-17)15-18-9-6-10-24-13-18/h3-13H,14-15H2,1-2H3,(H,25,28). The summed E-state index contributed by atoms with van der Waals surface area (Å²) in [6, 6.07) is 17.9. The van der Waals surface area contributed by atoms with Gasteiger partial charge in [0.1, 0.15) is 5.75 Å². The zero-order chi connectivity index (χ0) is 19.9. The van der Waals surface area contributed by atoms with Crippen molar-refractivity contribution in [2.45, 2.75) is 20.0 Å². The van der Waals surface area contributed by atoms with Gasteiger partial charge < -0.3 is 15.0 Å². The van der Waals surface area contributed by atoms with E-state index in [1.54, 1.807) is 19.4 Å². The van der Waals surface area contributed by atoms with Gasteiger partial charge in [0.05, 0.1) is 12.8 Å². The van der Waals surface area contributed by atoms with E-state index in [1.165, 1.54) is 5.56 Å². The van der Waals surface area contributed by atoms with Crippen molar-refractivity contribution in [2.75, 3.05) is 12.4 Å². The highest BCUT2D eigenvalue weighted by Gasteiger charge is 2.15. The third-order valence-corrected chi connectivity index (χ3v) is 5.09. The number of methoxy groups -OCH3 is 1. The van der Waals surface area contributed by atoms with Gasteiger partial charge in [-0.3, -0.25) is 4.98 Å². The number of nitrogens with one attached hydrogen (secondary N) is 1. The van der Waals surface area contributed by atoms with Crippen LogP contribution in [-0.4, -0.2) is 22.1 Å². The molecule has 0 unspecified atom stereocenters. The van der Waals surface area contributed by atoms with Crippen LogP contribution in [0.3, 0.4) is 0 Å². The van der Waals surface area contributed by atoms with Gasteiger partial charge in [-0.05, 0) is 48.0 Å². The van der Waals surface area contributed by atoms with E-state index in [4.69, 9.17) is 28.6 Å². The molecule has 0 aliphatic rings. The Kier molecular flexibility index (Phi) is 6.85. The highest BCUT2D eigenvalue weighted by atomic mass is 35.5. The van der Waals surface area contributed by atoms with Crippen LogP contribution in [0.2, 0.25) is 5.02 Å². The predicted octanol–water partition coefficient (Wildman–Crippen LogP) is 5.45. The van der Waals surface area contributed by atoms with Gasteiger partial charge in [0.25, 0.3) is 0 Å². The summed E-state index contributed by atoms with van der Waals surface area (Å²) in [5, 5.41) is 4.59. The average Bonchev–Trinajstić information content (AvgIpc) is 2.71. The Hall–Kier alpha value is -2.63. The van der Waals surface area contributed by atoms with Crippen LogP contribution < -0.4 is 10.1 Å². The highest BCUT2D eigenvalue weighted by Crippen LogP contribution is 2.31. The Morgan fingerprint density at radius 1 is 1.11 bits per heavy atom. The number of anilines is 1. The summed E-state index contributed by atoms with van der Waals surface area (Å²) in [4.78, 5) is 6.31. The Morgan fingerprint density at radius 3 is 2.50 bits per heavy atom. The van der Waals surface area contributed by atoms with Gasteiger partial charge in [-0.25, -0.2) is 0 Å². The molecule has 0 fully saturated rings. The quantitative estimate of drug-likeness (QED) is 0.546. The third kappa shape index (κ3) is 5.21. The molecule has 0 spiro atoms. The van der Waals surface area contributed by atoms with Crippen LogP contribution in [0, 0.1) is 6.92 Å². The molecule has 0 aliphatic carbocycles. The van der Waals surface area contributed by atoms with Gasteiger partial charge in [0, 0.05) is 36.6 Å². The lowest BCUT2D eigenvalue weighted by Gasteiger charge is -2.27. The topological polar surface area (TPSA) is 37.4 Å². The summed E-state index contributed by atoms with van der Waals surface area (Å²) in [6.07, 6.45) is 3.62. The van der Waals surface area contributed by atoms with E-state index in [0.29, 0.717) is 29.0 Å². The maximum absolute atomic E-state index is 6.22. The predicted molar refractivity (Wildman–Crippen MR) is 119 cm³/mol. The SMILES string of the molecule is COc1cc(Cl)c(C)cc1NC(=S)N(Cc1ccccc1)Cc1cccnc1. The number of aryl methyl sites for hydroxylation is 1. The molecule has 0 radical (unpaired) electrons. The number of hydrogen-bond donors (Lipinski definition) is 1. The molecule has 0 aliphatic heterocycles. The van der Waals surface area contributed by atoms with Gasteiger partial charge >= 0.3 is 0 Å². The van der Waals surface area contributed by atoms with Crippen LogP contribution in [0.25, 0.3) is 0 Å². The highest BCUT2D eigenvalue weighted by molar-refractivity contribution is 7.80. The number of nitrogens with zero attached hydrogens (tertiary/aromatic N) is 2. The van der Waals surface area contributed by atoms with Crippen molar-refractivity contribution in [1.29, 1.82) is 0 Å². The monoisotopic (exact) mass is 411 g/mol. The van der Waals surface area contributed by atoms with Crippen molar-refractivity contribution < 1.29 is 4.74 Å². The van der Waals surface area contributed by atoms with Crippen molar-refractivity contribution in [1.82, 2.24) is 9.88 Å². The van der Waals surface area contributed by atoms with Gasteiger partial charge in [-0.2, -0.15) is 0 Å². The van der Waals surface area contributed by atoms with E-state index in [2.05, 4.69) is 27.3 Å². The van der Waals surface area contributed by atoms with Gasteiger partial charge in [-0.1, -0.05) is 48.0 Å². The first-order valence-corrected chi connectivity index (χ1v) is 9.68. The fourth-order valence-electron chi connectivity index (χ4n) is 2.84. The smallest absolute Gasteiger partial charge is 0.174 e. The average molecular weight is 412 g/mol. The molecule has 1 heterocycles. The minimum Gasteiger partial charge on any atom is -0.495 e. The number of hydrogen-bond acceptors (Lipinski definition) is 3. The van der Waals surface area contributed by atoms with Crippen LogP contribution in [0.15, 0.2) is 67.0 Å². The van der Waals surface area contributed by atoms with Crippen LogP contribution in [0.1, 0.15) is 16.7 Å². The van der Waals surface area contributed by atoms with Crippen molar-refractivity contribution in [2.24, 2.45) is 0 Å². The largest absolute Gasteiger partial charge is 0.495 e. The van der Waals surface area contributed by atoms with Crippen LogP contribution in [0.4, 0.5) is 5.69 Å². The minimum absolute atomic E-state index is 0.604. The van der Waals surface area contributed by atoms with Gasteiger partial charge in [0.2, 0.25) is 0 Å². The Morgan fingerprint density at radius 2 is 1.82 bits per heavy atom. The third-order valence-electron chi connectivity index (χ3n) is 4.32. The molecule has 1 N–H and O–H groups in total. The van der Waals surface area contributed by atoms with Crippen LogP contribution in [-0.2, 0) is 13.1 Å². The summed E-state index contributed by atoms with van der Waals surface area (Å²) in [5.41, 5.74) is 4.00. The summed E-state index contributed by atoms with van der Waals surface area (Å²) in [5.74, 6) is 0.652. The molecule has 3 rings (SSSR count). The number of benzene rings is 2. The fraction of sp³-hybridized carbons (Fsp3) is 0.182. The molecule has 3 aromatic rings. The number of thiocarbonyl (C=S) groups is 1. The van der Waals surface area contributed by atoms with E-state index in [-0.39, 0.29) is 0 Å². The number of rotatable bonds is 6. The zero-order valence-electron chi connectivity index (χ0n) is 15.9. The molecule has 6 heteroatoms. The molecule has 4 nitrogen and oxygen atoms in total. The number of halogens is 1. The van der Waals surface area contributed by atoms with Crippen LogP contribution in [0.5, 0.6) is 5.75 Å². The maximum Gasteiger partial charge on any atom is 0.174 e. The molecule has 0 saturated carbocycles. The second-order valence-electron chi connectivity index (χ2n) is 6.43. The lowest BCUT2D eigenvalue weighted by Crippen LogP contribution is -2.34. The summed E-state index contributed by atoms with van der Waals surface area (Å²) >= 11 is 12.0. The van der Waals surface area contributed by atoms with Crippen LogP contribution >= 0.6 is 23.8 Å². The Bertz CT molecular complexity index is 894. The van der Waals surface area contributed by atoms with E-state index in [1.807, 2.05) is 49.5 Å². The van der Waals surface area contributed by atoms with E-state index < -0.39 is 0 Å². The second-order valence-corrected chi connectivity index (χ2v) is 7.23. The van der Waals surface area contributed by atoms with Crippen molar-refractivity contribution >= 4 is 34.6 Å². The molecule has 28 heavy (non-hydrogen) atoms. The lowest BCUT2D eigenvalue weighted by atomic mass is 10.2. The van der Waals surface area contributed by atoms with E-state index in [9.17, 15) is 0 Å². The van der Waals surface area contributed by atoms with Gasteiger partial charge in [0.15, 0.2) is 5.11 Å². The molecule has 144 valence electrons. The fourth-order valence-corrected chi connectivity index (χ4v) is 3.23. The summed E-state index contributed by atoms with van der Waals surface area (Å²) in [7, 11) is 1.62. The molecule has 0 atom stereocenters. The first-order valence-electron chi connectivity index (χ1n) is 8.89. The number of ether oxygens (including phenoxy) is 1. The first kappa shape index (κ1) is 20.1. The molecule has 0 bridgehead atoms. The Balaban J connectivity index is 1.84. The first-order chi connectivity index (χ1) is 13.6. The van der Waals surface area contributed by atoms with E-state index in [0.717, 1.165) is 16.8 Å². The number of aromatic nitrogens is 1.